The monoisotopic (exact) mass is 215 g/mol. The number of benzene rings is 1. The molecule has 0 atom stereocenters. The second-order valence-corrected chi connectivity index (χ2v) is 3.90. The fraction of sp³-hybridized carbons (Fsp3) is 0.308. The van der Waals surface area contributed by atoms with Crippen LogP contribution in [0.25, 0.3) is 10.9 Å². The Balaban J connectivity index is 2.35. The van der Waals surface area contributed by atoms with E-state index in [1.165, 1.54) is 0 Å². The van der Waals surface area contributed by atoms with Crippen LogP contribution in [-0.2, 0) is 6.42 Å². The van der Waals surface area contributed by atoms with E-state index >= 15 is 0 Å². The lowest BCUT2D eigenvalue weighted by Crippen LogP contribution is -2.11. The maximum absolute atomic E-state index is 5.76. The lowest BCUT2D eigenvalue weighted by Gasteiger charge is -2.20. The number of para-hydroxylation sites is 1. The van der Waals surface area contributed by atoms with Crippen LogP contribution in [0.15, 0.2) is 24.3 Å². The zero-order valence-electron chi connectivity index (χ0n) is 9.19. The van der Waals surface area contributed by atoms with E-state index in [1.807, 2.05) is 24.3 Å². The van der Waals surface area contributed by atoms with Gasteiger partial charge in [-0.3, -0.25) is 0 Å². The van der Waals surface area contributed by atoms with Crippen LogP contribution in [-0.4, -0.2) is 18.7 Å². The molecule has 0 N–H and O–H groups in total. The SMILES string of the molecule is COc1nc2ccccc2c2c1CCCO2. The maximum atomic E-state index is 5.76. The molecule has 2 aromatic rings. The Morgan fingerprint density at radius 1 is 1.31 bits per heavy atom. The normalized spacial score (nSPS) is 14.3. The molecule has 3 heteroatoms. The number of hydrogen-bond acceptors (Lipinski definition) is 3. The standard InChI is InChI=1S/C13H13NO2/c1-15-13-10-6-4-8-16-12(10)9-5-2-3-7-11(9)14-13/h2-3,5,7H,4,6,8H2,1H3. The number of ether oxygens (including phenoxy) is 2. The third kappa shape index (κ3) is 1.32. The van der Waals surface area contributed by atoms with Gasteiger partial charge in [0.2, 0.25) is 5.88 Å². The molecule has 1 aromatic carbocycles. The summed E-state index contributed by atoms with van der Waals surface area (Å²) in [6.07, 6.45) is 2.01. The summed E-state index contributed by atoms with van der Waals surface area (Å²) in [6.45, 7) is 0.782. The van der Waals surface area contributed by atoms with Crippen molar-refractivity contribution in [2.24, 2.45) is 0 Å². The van der Waals surface area contributed by atoms with Crippen LogP contribution < -0.4 is 9.47 Å². The quantitative estimate of drug-likeness (QED) is 0.732. The van der Waals surface area contributed by atoms with Crippen molar-refractivity contribution in [3.8, 4) is 11.6 Å². The van der Waals surface area contributed by atoms with E-state index in [9.17, 15) is 0 Å². The van der Waals surface area contributed by atoms with E-state index in [2.05, 4.69) is 4.98 Å². The van der Waals surface area contributed by atoms with Crippen LogP contribution in [0.1, 0.15) is 12.0 Å². The van der Waals surface area contributed by atoms with E-state index in [1.54, 1.807) is 7.11 Å². The second kappa shape index (κ2) is 3.67. The Kier molecular flexibility index (Phi) is 2.17. The molecule has 0 amide bonds. The van der Waals surface area contributed by atoms with E-state index < -0.39 is 0 Å². The van der Waals surface area contributed by atoms with Gasteiger partial charge in [0.15, 0.2) is 0 Å². The van der Waals surface area contributed by atoms with E-state index in [4.69, 9.17) is 9.47 Å². The fourth-order valence-corrected chi connectivity index (χ4v) is 2.18. The fourth-order valence-electron chi connectivity index (χ4n) is 2.18. The molecule has 0 spiro atoms. The molecule has 1 aliphatic rings. The van der Waals surface area contributed by atoms with Gasteiger partial charge in [0.05, 0.1) is 24.8 Å². The highest BCUT2D eigenvalue weighted by Gasteiger charge is 2.19. The predicted molar refractivity (Wildman–Crippen MR) is 62.1 cm³/mol. The molecule has 16 heavy (non-hydrogen) atoms. The van der Waals surface area contributed by atoms with Gasteiger partial charge < -0.3 is 9.47 Å². The number of aromatic nitrogens is 1. The summed E-state index contributed by atoms with van der Waals surface area (Å²) in [5.74, 6) is 1.65. The Hall–Kier alpha value is -1.77. The van der Waals surface area contributed by atoms with Crippen molar-refractivity contribution >= 4 is 10.9 Å². The van der Waals surface area contributed by atoms with Gasteiger partial charge in [0.1, 0.15) is 5.75 Å². The van der Waals surface area contributed by atoms with Crippen molar-refractivity contribution in [1.29, 1.82) is 0 Å². The Labute approximate surface area is 94.0 Å². The molecule has 0 saturated carbocycles. The highest BCUT2D eigenvalue weighted by Crippen LogP contribution is 2.37. The summed E-state index contributed by atoms with van der Waals surface area (Å²) in [5.41, 5.74) is 2.03. The van der Waals surface area contributed by atoms with Crippen molar-refractivity contribution in [1.82, 2.24) is 4.98 Å². The Morgan fingerprint density at radius 3 is 3.06 bits per heavy atom. The first-order chi connectivity index (χ1) is 7.90. The highest BCUT2D eigenvalue weighted by atomic mass is 16.5. The molecule has 0 unspecified atom stereocenters. The lowest BCUT2D eigenvalue weighted by atomic mass is 10.0. The van der Waals surface area contributed by atoms with Gasteiger partial charge in [-0.1, -0.05) is 12.1 Å². The number of fused-ring (bicyclic) bond motifs is 3. The molecule has 0 bridgehead atoms. The van der Waals surface area contributed by atoms with E-state index in [0.717, 1.165) is 41.7 Å². The molecule has 1 aliphatic heterocycles. The number of hydrogen-bond donors (Lipinski definition) is 0. The average Bonchev–Trinajstić information content (AvgIpc) is 2.38. The van der Waals surface area contributed by atoms with Crippen molar-refractivity contribution in [2.75, 3.05) is 13.7 Å². The molecule has 0 radical (unpaired) electrons. The summed E-state index contributed by atoms with van der Waals surface area (Å²) >= 11 is 0. The largest absolute Gasteiger partial charge is 0.492 e. The van der Waals surface area contributed by atoms with Crippen LogP contribution in [0.3, 0.4) is 0 Å². The molecule has 0 saturated heterocycles. The number of methoxy groups -OCH3 is 1. The summed E-state index contributed by atoms with van der Waals surface area (Å²) < 4.78 is 11.1. The van der Waals surface area contributed by atoms with Gasteiger partial charge in [-0.2, -0.15) is 0 Å². The Morgan fingerprint density at radius 2 is 2.19 bits per heavy atom. The van der Waals surface area contributed by atoms with Crippen LogP contribution in [0.2, 0.25) is 0 Å². The number of pyridine rings is 1. The van der Waals surface area contributed by atoms with Gasteiger partial charge in [-0.25, -0.2) is 4.98 Å². The van der Waals surface area contributed by atoms with Gasteiger partial charge >= 0.3 is 0 Å². The number of nitrogens with zero attached hydrogens (tertiary/aromatic N) is 1. The molecule has 1 aromatic heterocycles. The van der Waals surface area contributed by atoms with Crippen molar-refractivity contribution < 1.29 is 9.47 Å². The molecule has 3 rings (SSSR count). The second-order valence-electron chi connectivity index (χ2n) is 3.90. The maximum Gasteiger partial charge on any atom is 0.220 e. The summed E-state index contributed by atoms with van der Waals surface area (Å²) in [5, 5.41) is 1.08. The van der Waals surface area contributed by atoms with Crippen molar-refractivity contribution in [2.45, 2.75) is 12.8 Å². The van der Waals surface area contributed by atoms with Crippen LogP contribution >= 0.6 is 0 Å². The summed E-state index contributed by atoms with van der Waals surface area (Å²) in [7, 11) is 1.66. The molecular formula is C13H13NO2. The zero-order chi connectivity index (χ0) is 11.0. The minimum absolute atomic E-state index is 0.702. The number of rotatable bonds is 1. The highest BCUT2D eigenvalue weighted by molar-refractivity contribution is 5.87. The van der Waals surface area contributed by atoms with Gasteiger partial charge in [0.25, 0.3) is 0 Å². The summed E-state index contributed by atoms with van der Waals surface area (Å²) in [4.78, 5) is 4.50. The minimum Gasteiger partial charge on any atom is -0.492 e. The first-order valence-electron chi connectivity index (χ1n) is 5.48. The van der Waals surface area contributed by atoms with Crippen molar-refractivity contribution in [3.63, 3.8) is 0 Å². The molecule has 0 aliphatic carbocycles. The third-order valence-corrected chi connectivity index (χ3v) is 2.91. The van der Waals surface area contributed by atoms with Crippen LogP contribution in [0.5, 0.6) is 11.6 Å². The van der Waals surface area contributed by atoms with E-state index in [0.29, 0.717) is 5.88 Å². The molecule has 82 valence electrons. The van der Waals surface area contributed by atoms with Crippen molar-refractivity contribution in [3.05, 3.63) is 29.8 Å². The predicted octanol–water partition coefficient (Wildman–Crippen LogP) is 2.57. The van der Waals surface area contributed by atoms with Crippen LogP contribution in [0, 0.1) is 0 Å². The molecule has 0 fully saturated rings. The molecule has 3 nitrogen and oxygen atoms in total. The van der Waals surface area contributed by atoms with Crippen LogP contribution in [0.4, 0.5) is 0 Å². The lowest BCUT2D eigenvalue weighted by molar-refractivity contribution is 0.284. The molecule has 2 heterocycles. The first kappa shape index (κ1) is 9.46. The minimum atomic E-state index is 0.702. The smallest absolute Gasteiger partial charge is 0.220 e. The third-order valence-electron chi connectivity index (χ3n) is 2.91. The van der Waals surface area contributed by atoms with Gasteiger partial charge in [0, 0.05) is 5.39 Å². The summed E-state index contributed by atoms with van der Waals surface area (Å²) in [6, 6.07) is 8.01. The topological polar surface area (TPSA) is 31.4 Å². The molecular weight excluding hydrogens is 202 g/mol. The van der Waals surface area contributed by atoms with Gasteiger partial charge in [-0.05, 0) is 25.0 Å². The Bertz CT molecular complexity index is 537. The first-order valence-corrected chi connectivity index (χ1v) is 5.48. The van der Waals surface area contributed by atoms with E-state index in [-0.39, 0.29) is 0 Å². The average molecular weight is 215 g/mol. The zero-order valence-corrected chi connectivity index (χ0v) is 9.19. The van der Waals surface area contributed by atoms with Gasteiger partial charge in [-0.15, -0.1) is 0 Å².